The number of hydrogen-bond acceptors (Lipinski definition) is 4. The first-order chi connectivity index (χ1) is 14.2. The van der Waals surface area contributed by atoms with Gasteiger partial charge < -0.3 is 24.4 Å². The number of anilines is 1. The van der Waals surface area contributed by atoms with Crippen LogP contribution in [0.1, 0.15) is 16.1 Å². The van der Waals surface area contributed by atoms with Gasteiger partial charge in [-0.15, -0.1) is 24.0 Å². The van der Waals surface area contributed by atoms with E-state index in [1.165, 1.54) is 6.26 Å². The Morgan fingerprint density at radius 2 is 1.83 bits per heavy atom. The molecule has 1 fully saturated rings. The van der Waals surface area contributed by atoms with Gasteiger partial charge in [0.15, 0.2) is 11.7 Å². The molecule has 0 spiro atoms. The number of guanidine groups is 1. The number of halogens is 1. The number of amides is 2. The van der Waals surface area contributed by atoms with E-state index in [0.717, 1.165) is 17.2 Å². The van der Waals surface area contributed by atoms with Crippen LogP contribution in [-0.4, -0.2) is 73.9 Å². The molecule has 160 valence electrons. The molecule has 9 heteroatoms. The number of benzene rings is 1. The lowest BCUT2D eigenvalue weighted by Gasteiger charge is -2.36. The van der Waals surface area contributed by atoms with E-state index < -0.39 is 0 Å². The molecule has 0 unspecified atom stereocenters. The maximum absolute atomic E-state index is 12.4. The second-order valence-electron chi connectivity index (χ2n) is 7.08. The smallest absolute Gasteiger partial charge is 0.289 e. The van der Waals surface area contributed by atoms with E-state index in [4.69, 9.17) is 4.42 Å². The summed E-state index contributed by atoms with van der Waals surface area (Å²) in [6.07, 6.45) is 1.98. The van der Waals surface area contributed by atoms with Crippen molar-refractivity contribution < 1.29 is 14.0 Å². The van der Waals surface area contributed by atoms with Crippen LogP contribution in [0.15, 0.2) is 52.1 Å². The van der Waals surface area contributed by atoms with Crippen molar-refractivity contribution in [1.29, 1.82) is 0 Å². The number of furan rings is 1. The Morgan fingerprint density at radius 1 is 1.10 bits per heavy atom. The summed E-state index contributed by atoms with van der Waals surface area (Å²) >= 11 is 0. The molecule has 2 aliphatic rings. The van der Waals surface area contributed by atoms with Gasteiger partial charge in [-0.05, 0) is 23.8 Å². The molecular formula is C21H26IN5O3. The van der Waals surface area contributed by atoms with Crippen LogP contribution >= 0.6 is 24.0 Å². The van der Waals surface area contributed by atoms with Gasteiger partial charge in [-0.2, -0.15) is 0 Å². The van der Waals surface area contributed by atoms with E-state index in [1.54, 1.807) is 24.1 Å². The van der Waals surface area contributed by atoms with E-state index in [1.807, 2.05) is 29.2 Å². The number of aliphatic imine (C=N–C) groups is 1. The molecule has 4 rings (SSSR count). The highest BCUT2D eigenvalue weighted by molar-refractivity contribution is 14.0. The number of nitrogens with zero attached hydrogens (tertiary/aromatic N) is 4. The van der Waals surface area contributed by atoms with E-state index in [0.29, 0.717) is 51.4 Å². The van der Waals surface area contributed by atoms with Gasteiger partial charge in [0.05, 0.1) is 12.7 Å². The Balaban J connectivity index is 0.00000256. The quantitative estimate of drug-likeness (QED) is 0.376. The van der Waals surface area contributed by atoms with E-state index in [9.17, 15) is 9.59 Å². The van der Waals surface area contributed by atoms with Crippen LogP contribution in [0, 0.1) is 0 Å². The van der Waals surface area contributed by atoms with Crippen LogP contribution in [0.4, 0.5) is 5.69 Å². The van der Waals surface area contributed by atoms with Crippen LogP contribution in [0.2, 0.25) is 0 Å². The summed E-state index contributed by atoms with van der Waals surface area (Å²) < 4.78 is 5.21. The Hall–Kier alpha value is -2.56. The normalized spacial score (nSPS) is 16.4. The zero-order chi connectivity index (χ0) is 20.2. The van der Waals surface area contributed by atoms with E-state index >= 15 is 0 Å². The number of hydrogen-bond donors (Lipinski definition) is 1. The van der Waals surface area contributed by atoms with Gasteiger partial charge in [0.25, 0.3) is 5.91 Å². The topological polar surface area (TPSA) is 81.4 Å². The molecule has 1 saturated heterocycles. The Bertz CT molecular complexity index is 907. The zero-order valence-corrected chi connectivity index (χ0v) is 19.2. The lowest BCUT2D eigenvalue weighted by molar-refractivity contribution is -0.117. The second kappa shape index (κ2) is 9.96. The Kier molecular flexibility index (Phi) is 7.35. The van der Waals surface area contributed by atoms with Gasteiger partial charge in [-0.1, -0.05) is 18.2 Å². The third kappa shape index (κ3) is 4.61. The molecule has 3 heterocycles. The van der Waals surface area contributed by atoms with Crippen molar-refractivity contribution in [3.63, 3.8) is 0 Å². The molecule has 0 saturated carbocycles. The molecule has 0 bridgehead atoms. The molecule has 0 radical (unpaired) electrons. The van der Waals surface area contributed by atoms with Crippen molar-refractivity contribution in [3.8, 4) is 0 Å². The highest BCUT2D eigenvalue weighted by Gasteiger charge is 2.27. The summed E-state index contributed by atoms with van der Waals surface area (Å²) in [4.78, 5) is 34.8. The predicted molar refractivity (Wildman–Crippen MR) is 125 cm³/mol. The van der Waals surface area contributed by atoms with Gasteiger partial charge in [-0.25, -0.2) is 0 Å². The van der Waals surface area contributed by atoms with Crippen molar-refractivity contribution in [1.82, 2.24) is 15.1 Å². The summed E-state index contributed by atoms with van der Waals surface area (Å²) in [5.74, 6) is 1.21. The van der Waals surface area contributed by atoms with Crippen LogP contribution in [0.3, 0.4) is 0 Å². The second-order valence-corrected chi connectivity index (χ2v) is 7.08. The van der Waals surface area contributed by atoms with Crippen molar-refractivity contribution in [2.24, 2.45) is 4.99 Å². The van der Waals surface area contributed by atoms with E-state index in [-0.39, 0.29) is 35.8 Å². The first-order valence-electron chi connectivity index (χ1n) is 9.84. The van der Waals surface area contributed by atoms with Crippen LogP contribution in [-0.2, 0) is 11.2 Å². The number of carbonyl (C=O) groups is 2. The minimum absolute atomic E-state index is 0. The fourth-order valence-corrected chi connectivity index (χ4v) is 3.85. The Morgan fingerprint density at radius 3 is 2.53 bits per heavy atom. The minimum Gasteiger partial charge on any atom is -0.459 e. The maximum Gasteiger partial charge on any atom is 0.289 e. The van der Waals surface area contributed by atoms with Crippen molar-refractivity contribution in [3.05, 3.63) is 54.0 Å². The minimum atomic E-state index is -0.0798. The van der Waals surface area contributed by atoms with Crippen molar-refractivity contribution >= 4 is 47.4 Å². The predicted octanol–water partition coefficient (Wildman–Crippen LogP) is 1.82. The SMILES string of the molecule is CN=C(NCCN1C(=O)Cc2ccccc21)N1CCN(C(=O)c2ccco2)CC1.I. The molecule has 30 heavy (non-hydrogen) atoms. The lowest BCUT2D eigenvalue weighted by Crippen LogP contribution is -2.54. The largest absolute Gasteiger partial charge is 0.459 e. The number of carbonyl (C=O) groups excluding carboxylic acids is 2. The van der Waals surface area contributed by atoms with Crippen LogP contribution in [0.5, 0.6) is 0 Å². The molecule has 0 aliphatic carbocycles. The summed E-state index contributed by atoms with van der Waals surface area (Å²) in [7, 11) is 1.75. The molecule has 1 aromatic heterocycles. The third-order valence-corrected chi connectivity index (χ3v) is 5.35. The number of nitrogens with one attached hydrogen (secondary N) is 1. The maximum atomic E-state index is 12.4. The van der Waals surface area contributed by atoms with Crippen molar-refractivity contribution in [2.75, 3.05) is 51.2 Å². The molecule has 1 N–H and O–H groups in total. The fourth-order valence-electron chi connectivity index (χ4n) is 3.85. The summed E-state index contributed by atoms with van der Waals surface area (Å²) in [5, 5.41) is 3.35. The van der Waals surface area contributed by atoms with Crippen LogP contribution in [0.25, 0.3) is 0 Å². The molecule has 2 aliphatic heterocycles. The summed E-state index contributed by atoms with van der Waals surface area (Å²) in [6, 6.07) is 11.3. The number of piperazine rings is 1. The van der Waals surface area contributed by atoms with E-state index in [2.05, 4.69) is 15.2 Å². The van der Waals surface area contributed by atoms with Crippen LogP contribution < -0.4 is 10.2 Å². The Labute approximate surface area is 192 Å². The average Bonchev–Trinajstić information content (AvgIpc) is 3.39. The third-order valence-electron chi connectivity index (χ3n) is 5.35. The van der Waals surface area contributed by atoms with Gasteiger partial charge in [0.2, 0.25) is 5.91 Å². The highest BCUT2D eigenvalue weighted by atomic mass is 127. The molecular weight excluding hydrogens is 497 g/mol. The summed E-state index contributed by atoms with van der Waals surface area (Å²) in [6.45, 7) is 3.80. The lowest BCUT2D eigenvalue weighted by atomic mass is 10.2. The molecule has 2 amide bonds. The number of para-hydroxylation sites is 1. The number of fused-ring (bicyclic) bond motifs is 1. The molecule has 2 aromatic rings. The van der Waals surface area contributed by atoms with Gasteiger partial charge in [0, 0.05) is 52.0 Å². The first-order valence-corrected chi connectivity index (χ1v) is 9.84. The van der Waals surface area contributed by atoms with Gasteiger partial charge >= 0.3 is 0 Å². The zero-order valence-electron chi connectivity index (χ0n) is 16.9. The standard InChI is InChI=1S/C21H25N5O3.HI/c1-22-21(23-8-9-26-17-6-3-2-5-16(17)15-19(26)27)25-12-10-24(11-13-25)20(28)18-7-4-14-29-18;/h2-7,14H,8-13,15H2,1H3,(H,22,23);1H. The number of rotatable bonds is 4. The van der Waals surface area contributed by atoms with Gasteiger partial charge in [-0.3, -0.25) is 14.6 Å². The first kappa shape index (κ1) is 22.1. The molecule has 1 aromatic carbocycles. The van der Waals surface area contributed by atoms with Crippen molar-refractivity contribution in [2.45, 2.75) is 6.42 Å². The average molecular weight is 523 g/mol. The fraction of sp³-hybridized carbons (Fsp3) is 0.381. The monoisotopic (exact) mass is 523 g/mol. The highest BCUT2D eigenvalue weighted by Crippen LogP contribution is 2.27. The molecule has 0 atom stereocenters. The summed E-state index contributed by atoms with van der Waals surface area (Å²) in [5.41, 5.74) is 2.08. The van der Waals surface area contributed by atoms with Gasteiger partial charge in [0.1, 0.15) is 0 Å². The molecule has 8 nitrogen and oxygen atoms in total.